The lowest BCUT2D eigenvalue weighted by atomic mass is 10.0. The lowest BCUT2D eigenvalue weighted by Gasteiger charge is -2.21. The van der Waals surface area contributed by atoms with E-state index in [-0.39, 0.29) is 16.9 Å². The zero-order valence-electron chi connectivity index (χ0n) is 13.2. The average molecular weight is 307 g/mol. The molecular formula is C17H25NO2S. The Bertz CT molecular complexity index is 447. The minimum absolute atomic E-state index is 0.0377. The van der Waals surface area contributed by atoms with Crippen LogP contribution in [0.3, 0.4) is 0 Å². The first-order chi connectivity index (χ1) is 10.0. The zero-order chi connectivity index (χ0) is 15.7. The highest BCUT2D eigenvalue weighted by Crippen LogP contribution is 2.18. The van der Waals surface area contributed by atoms with Crippen LogP contribution in [0.4, 0.5) is 5.69 Å². The number of para-hydroxylation sites is 1. The van der Waals surface area contributed by atoms with E-state index in [0.29, 0.717) is 0 Å². The van der Waals surface area contributed by atoms with Crippen molar-refractivity contribution < 1.29 is 9.59 Å². The quantitative estimate of drug-likeness (QED) is 0.678. The molecule has 3 nitrogen and oxygen atoms in total. The van der Waals surface area contributed by atoms with Crippen LogP contribution in [0.25, 0.3) is 0 Å². The summed E-state index contributed by atoms with van der Waals surface area (Å²) in [7, 11) is 1.83. The van der Waals surface area contributed by atoms with Gasteiger partial charge in [-0.05, 0) is 25.0 Å². The molecule has 1 rings (SSSR count). The Morgan fingerprint density at radius 3 is 2.43 bits per heavy atom. The van der Waals surface area contributed by atoms with Crippen molar-refractivity contribution in [3.63, 3.8) is 0 Å². The molecule has 0 aliphatic carbocycles. The van der Waals surface area contributed by atoms with Gasteiger partial charge in [-0.25, -0.2) is 0 Å². The molecule has 0 bridgehead atoms. The van der Waals surface area contributed by atoms with Gasteiger partial charge in [-0.2, -0.15) is 0 Å². The van der Waals surface area contributed by atoms with E-state index in [4.69, 9.17) is 0 Å². The van der Waals surface area contributed by atoms with E-state index >= 15 is 0 Å². The summed E-state index contributed by atoms with van der Waals surface area (Å²) in [6.45, 7) is 3.59. The molecule has 0 aliphatic heterocycles. The smallest absolute Gasteiger partial charge is 0.229 e. The predicted molar refractivity (Wildman–Crippen MR) is 90.6 cm³/mol. The monoisotopic (exact) mass is 307 g/mol. The van der Waals surface area contributed by atoms with Gasteiger partial charge in [0.1, 0.15) is 0 Å². The van der Waals surface area contributed by atoms with E-state index in [0.717, 1.165) is 37.1 Å². The van der Waals surface area contributed by atoms with E-state index in [1.807, 2.05) is 44.3 Å². The molecule has 0 radical (unpaired) electrons. The summed E-state index contributed by atoms with van der Waals surface area (Å²) in [6.07, 6.45) is 4.06. The first-order valence-corrected chi connectivity index (χ1v) is 8.47. The molecule has 4 heteroatoms. The van der Waals surface area contributed by atoms with Crippen molar-refractivity contribution in [1.29, 1.82) is 0 Å². The number of rotatable bonds is 8. The highest BCUT2D eigenvalue weighted by atomic mass is 32.2. The Balaban J connectivity index is 2.26. The summed E-state index contributed by atoms with van der Waals surface area (Å²) < 4.78 is 0. The maximum absolute atomic E-state index is 12.3. The van der Waals surface area contributed by atoms with Crippen molar-refractivity contribution in [2.45, 2.75) is 39.5 Å². The first-order valence-electron chi connectivity index (χ1n) is 7.48. The molecule has 0 spiro atoms. The topological polar surface area (TPSA) is 37.4 Å². The summed E-state index contributed by atoms with van der Waals surface area (Å²) in [4.78, 5) is 24.9. The second-order valence-corrected chi connectivity index (χ2v) is 6.60. The minimum Gasteiger partial charge on any atom is -0.315 e. The van der Waals surface area contributed by atoms with E-state index in [2.05, 4.69) is 0 Å². The van der Waals surface area contributed by atoms with E-state index in [9.17, 15) is 9.59 Å². The SMILES string of the molecule is CC(=O)SCCCCC[C@H](C)C(=O)N(C)c1ccccc1. The van der Waals surface area contributed by atoms with Crippen molar-refractivity contribution in [2.24, 2.45) is 5.92 Å². The number of carbonyl (C=O) groups is 2. The number of unbranched alkanes of at least 4 members (excludes halogenated alkanes) is 2. The van der Waals surface area contributed by atoms with Gasteiger partial charge in [0.15, 0.2) is 5.12 Å². The molecule has 1 amide bonds. The summed E-state index contributed by atoms with van der Waals surface area (Å²) in [5, 5.41) is 0.183. The Hall–Kier alpha value is -1.29. The Labute approximate surface area is 132 Å². The summed E-state index contributed by atoms with van der Waals surface area (Å²) in [6, 6.07) is 9.73. The first kappa shape index (κ1) is 17.8. The van der Waals surface area contributed by atoms with Gasteiger partial charge in [-0.1, -0.05) is 49.7 Å². The molecule has 0 unspecified atom stereocenters. The fourth-order valence-corrected chi connectivity index (χ4v) is 2.81. The standard InChI is InChI=1S/C17H25NO2S/c1-14(10-6-5-9-13-21-15(2)19)17(20)18(3)16-11-7-4-8-12-16/h4,7-8,11-12,14H,5-6,9-10,13H2,1-3H3/t14-/m0/s1. The highest BCUT2D eigenvalue weighted by molar-refractivity contribution is 8.13. The number of hydrogen-bond acceptors (Lipinski definition) is 3. The Morgan fingerprint density at radius 1 is 1.14 bits per heavy atom. The summed E-state index contributed by atoms with van der Waals surface area (Å²) in [5.74, 6) is 1.09. The van der Waals surface area contributed by atoms with Crippen LogP contribution in [-0.4, -0.2) is 23.8 Å². The van der Waals surface area contributed by atoms with Crippen molar-refractivity contribution >= 4 is 28.5 Å². The minimum atomic E-state index is 0.0377. The van der Waals surface area contributed by atoms with Crippen LogP contribution in [0.5, 0.6) is 0 Å². The number of carbonyl (C=O) groups excluding carboxylic acids is 2. The van der Waals surface area contributed by atoms with Crippen LogP contribution in [-0.2, 0) is 9.59 Å². The van der Waals surface area contributed by atoms with Gasteiger partial charge < -0.3 is 4.90 Å². The molecule has 0 saturated carbocycles. The molecule has 0 heterocycles. The van der Waals surface area contributed by atoms with E-state index in [1.54, 1.807) is 11.8 Å². The molecule has 21 heavy (non-hydrogen) atoms. The molecule has 0 N–H and O–H groups in total. The number of benzene rings is 1. The van der Waals surface area contributed by atoms with Crippen molar-refractivity contribution in [3.8, 4) is 0 Å². The Kier molecular flexibility index (Phi) is 8.13. The number of amides is 1. The summed E-state index contributed by atoms with van der Waals surface area (Å²) in [5.41, 5.74) is 0.937. The molecule has 0 aliphatic rings. The van der Waals surface area contributed by atoms with Crippen LogP contribution in [0.2, 0.25) is 0 Å². The van der Waals surface area contributed by atoms with Gasteiger partial charge in [0.05, 0.1) is 0 Å². The lowest BCUT2D eigenvalue weighted by molar-refractivity contribution is -0.121. The predicted octanol–water partition coefficient (Wildman–Crippen LogP) is 4.13. The third-order valence-corrected chi connectivity index (χ3v) is 4.38. The van der Waals surface area contributed by atoms with Gasteiger partial charge in [-0.3, -0.25) is 9.59 Å². The van der Waals surface area contributed by atoms with Gasteiger partial charge in [0.2, 0.25) is 5.91 Å². The third kappa shape index (κ3) is 6.80. The molecular weight excluding hydrogens is 282 g/mol. The maximum atomic E-state index is 12.3. The van der Waals surface area contributed by atoms with E-state index in [1.165, 1.54) is 11.8 Å². The molecule has 1 atom stereocenters. The lowest BCUT2D eigenvalue weighted by Crippen LogP contribution is -2.31. The second-order valence-electron chi connectivity index (χ2n) is 5.32. The van der Waals surface area contributed by atoms with Crippen molar-refractivity contribution in [3.05, 3.63) is 30.3 Å². The number of thioether (sulfide) groups is 1. The molecule has 1 aromatic carbocycles. The molecule has 0 aromatic heterocycles. The average Bonchev–Trinajstić information content (AvgIpc) is 2.49. The third-order valence-electron chi connectivity index (χ3n) is 3.48. The van der Waals surface area contributed by atoms with Crippen LogP contribution in [0, 0.1) is 5.92 Å². The van der Waals surface area contributed by atoms with Crippen LogP contribution >= 0.6 is 11.8 Å². The second kappa shape index (κ2) is 9.61. The fraction of sp³-hybridized carbons (Fsp3) is 0.529. The fourth-order valence-electron chi connectivity index (χ4n) is 2.18. The van der Waals surface area contributed by atoms with Gasteiger partial charge in [0.25, 0.3) is 0 Å². The summed E-state index contributed by atoms with van der Waals surface area (Å²) >= 11 is 1.38. The van der Waals surface area contributed by atoms with Crippen LogP contribution in [0.15, 0.2) is 30.3 Å². The molecule has 1 aromatic rings. The molecule has 0 fully saturated rings. The highest BCUT2D eigenvalue weighted by Gasteiger charge is 2.17. The Morgan fingerprint density at radius 2 is 1.81 bits per heavy atom. The maximum Gasteiger partial charge on any atom is 0.229 e. The van der Waals surface area contributed by atoms with Gasteiger partial charge in [-0.15, -0.1) is 0 Å². The van der Waals surface area contributed by atoms with Gasteiger partial charge in [0, 0.05) is 31.3 Å². The van der Waals surface area contributed by atoms with Crippen molar-refractivity contribution in [2.75, 3.05) is 17.7 Å². The molecule has 116 valence electrons. The van der Waals surface area contributed by atoms with Crippen molar-refractivity contribution in [1.82, 2.24) is 0 Å². The largest absolute Gasteiger partial charge is 0.315 e. The van der Waals surface area contributed by atoms with Gasteiger partial charge >= 0.3 is 0 Å². The number of hydrogen-bond donors (Lipinski definition) is 0. The van der Waals surface area contributed by atoms with Crippen LogP contribution < -0.4 is 4.90 Å². The van der Waals surface area contributed by atoms with Crippen LogP contribution in [0.1, 0.15) is 39.5 Å². The van der Waals surface area contributed by atoms with E-state index < -0.39 is 0 Å². The molecule has 0 saturated heterocycles. The normalized spacial score (nSPS) is 12.0. The number of anilines is 1. The zero-order valence-corrected chi connectivity index (χ0v) is 14.0. The number of nitrogens with zero attached hydrogens (tertiary/aromatic N) is 1.